The molecule has 1 heterocycles. The molecule has 0 aliphatic rings. The lowest BCUT2D eigenvalue weighted by Crippen LogP contribution is -2.49. The number of carboxylic acids is 2. The van der Waals surface area contributed by atoms with Crippen LogP contribution in [0.3, 0.4) is 0 Å². The minimum absolute atomic E-state index is 0.0316. The van der Waals surface area contributed by atoms with Gasteiger partial charge in [0.25, 0.3) is 0 Å². The molecule has 4 aromatic rings. The Morgan fingerprint density at radius 1 is 1.02 bits per heavy atom. The zero-order valence-electron chi connectivity index (χ0n) is 24.1. The fourth-order valence-electron chi connectivity index (χ4n) is 4.75. The standard InChI is InChI=1S/C31H31FN6O7/c1-16-5-10-21(32)18(13-16)14-25(39)35-19-8-6-17(7-9-19)20-3-2-4-24-28(20)29(34)37-38(24)26(40)15-22(33)30(43)36-23(31(44)45)11-12-27(41)42/h2-10,13,22-23H,11-12,14-15,33H2,1H3,(H2,34,37)(H,35,39)(H,36,43)(H,41,42)(H,44,45)/t22-,23-/m0/s1. The molecule has 0 aliphatic carbocycles. The van der Waals surface area contributed by atoms with Gasteiger partial charge in [-0.05, 0) is 54.3 Å². The van der Waals surface area contributed by atoms with Gasteiger partial charge in [0, 0.05) is 12.1 Å². The molecule has 234 valence electrons. The molecule has 0 saturated heterocycles. The molecule has 0 fully saturated rings. The highest BCUT2D eigenvalue weighted by molar-refractivity contribution is 6.06. The summed E-state index contributed by atoms with van der Waals surface area (Å²) in [5, 5.41) is 27.6. The number of hydrogen-bond acceptors (Lipinski definition) is 8. The summed E-state index contributed by atoms with van der Waals surface area (Å²) in [6.45, 7) is 1.81. The van der Waals surface area contributed by atoms with Crippen LogP contribution in [0.25, 0.3) is 22.0 Å². The number of anilines is 2. The molecule has 14 heteroatoms. The van der Waals surface area contributed by atoms with Crippen molar-refractivity contribution >= 4 is 52.1 Å². The van der Waals surface area contributed by atoms with E-state index in [2.05, 4.69) is 15.7 Å². The van der Waals surface area contributed by atoms with Gasteiger partial charge in [-0.15, -0.1) is 5.10 Å². The summed E-state index contributed by atoms with van der Waals surface area (Å²) in [6.07, 6.45) is -1.52. The van der Waals surface area contributed by atoms with Gasteiger partial charge in [0.2, 0.25) is 17.7 Å². The van der Waals surface area contributed by atoms with E-state index in [1.807, 2.05) is 6.92 Å². The van der Waals surface area contributed by atoms with Crippen LogP contribution in [0, 0.1) is 12.7 Å². The van der Waals surface area contributed by atoms with E-state index < -0.39 is 54.5 Å². The lowest BCUT2D eigenvalue weighted by atomic mass is 10.0. The van der Waals surface area contributed by atoms with Crippen LogP contribution in [0.1, 0.15) is 35.2 Å². The summed E-state index contributed by atoms with van der Waals surface area (Å²) < 4.78 is 15.1. The molecule has 4 rings (SSSR count). The Morgan fingerprint density at radius 2 is 1.73 bits per heavy atom. The first-order chi connectivity index (χ1) is 21.3. The van der Waals surface area contributed by atoms with Gasteiger partial charge in [-0.2, -0.15) is 4.68 Å². The molecule has 0 aliphatic heterocycles. The van der Waals surface area contributed by atoms with E-state index >= 15 is 0 Å². The molecular weight excluding hydrogens is 587 g/mol. The molecule has 0 saturated carbocycles. The molecule has 2 amide bonds. The lowest BCUT2D eigenvalue weighted by Gasteiger charge is -2.17. The SMILES string of the molecule is Cc1ccc(F)c(CC(=O)Nc2ccc(-c3cccc4c3c(N)nn4C(=O)C[C@H](N)C(=O)N[C@@H](CCC(=O)O)C(=O)O)cc2)c1. The van der Waals surface area contributed by atoms with E-state index in [-0.39, 0.29) is 24.6 Å². The molecule has 1 aromatic heterocycles. The summed E-state index contributed by atoms with van der Waals surface area (Å²) in [4.78, 5) is 60.3. The maximum atomic E-state index is 14.1. The third kappa shape index (κ3) is 7.86. The summed E-state index contributed by atoms with van der Waals surface area (Å²) >= 11 is 0. The quantitative estimate of drug-likeness (QED) is 0.136. The first-order valence-electron chi connectivity index (χ1n) is 13.8. The fourth-order valence-corrected chi connectivity index (χ4v) is 4.75. The average Bonchev–Trinajstić information content (AvgIpc) is 3.33. The molecule has 8 N–H and O–H groups in total. The number of nitrogens with one attached hydrogen (secondary N) is 2. The predicted octanol–water partition coefficient (Wildman–Crippen LogP) is 2.71. The van der Waals surface area contributed by atoms with Gasteiger partial charge in [-0.1, -0.05) is 42.0 Å². The molecule has 45 heavy (non-hydrogen) atoms. The zero-order valence-corrected chi connectivity index (χ0v) is 24.1. The average molecular weight is 619 g/mol. The predicted molar refractivity (Wildman–Crippen MR) is 163 cm³/mol. The smallest absolute Gasteiger partial charge is 0.326 e. The minimum Gasteiger partial charge on any atom is -0.481 e. The maximum absolute atomic E-state index is 14.1. The van der Waals surface area contributed by atoms with E-state index in [1.54, 1.807) is 54.6 Å². The second-order valence-corrected chi connectivity index (χ2v) is 10.4. The Bertz CT molecular complexity index is 1790. The first kappa shape index (κ1) is 32.3. The van der Waals surface area contributed by atoms with Crippen LogP contribution in [-0.4, -0.2) is 61.7 Å². The van der Waals surface area contributed by atoms with Crippen molar-refractivity contribution in [3.8, 4) is 11.1 Å². The Labute approximate surface area is 256 Å². The first-order valence-corrected chi connectivity index (χ1v) is 13.8. The number of aryl methyl sites for hydroxylation is 1. The van der Waals surface area contributed by atoms with Gasteiger partial charge in [0.05, 0.1) is 29.8 Å². The topological polar surface area (TPSA) is 220 Å². The van der Waals surface area contributed by atoms with Crippen molar-refractivity contribution in [2.24, 2.45) is 5.73 Å². The van der Waals surface area contributed by atoms with Crippen molar-refractivity contribution in [1.29, 1.82) is 0 Å². The van der Waals surface area contributed by atoms with Crippen molar-refractivity contribution in [3.63, 3.8) is 0 Å². The number of rotatable bonds is 12. The molecule has 0 unspecified atom stereocenters. The zero-order chi connectivity index (χ0) is 32.8. The minimum atomic E-state index is -1.49. The molecule has 0 radical (unpaired) electrons. The molecule has 0 spiro atoms. The normalized spacial score (nSPS) is 12.3. The van der Waals surface area contributed by atoms with E-state index in [4.69, 9.17) is 16.6 Å². The number of carbonyl (C=O) groups is 5. The van der Waals surface area contributed by atoms with Crippen LogP contribution in [0.4, 0.5) is 15.9 Å². The van der Waals surface area contributed by atoms with Gasteiger partial charge < -0.3 is 32.3 Å². The number of aliphatic carboxylic acids is 2. The summed E-state index contributed by atoms with van der Waals surface area (Å²) in [7, 11) is 0. The Morgan fingerprint density at radius 3 is 2.40 bits per heavy atom. The second kappa shape index (κ2) is 13.8. The Hall–Kier alpha value is -5.63. The highest BCUT2D eigenvalue weighted by Gasteiger charge is 2.27. The van der Waals surface area contributed by atoms with Crippen LogP contribution in [0.2, 0.25) is 0 Å². The van der Waals surface area contributed by atoms with Gasteiger partial charge in [0.15, 0.2) is 5.82 Å². The third-order valence-electron chi connectivity index (χ3n) is 7.00. The maximum Gasteiger partial charge on any atom is 0.326 e. The largest absolute Gasteiger partial charge is 0.481 e. The summed E-state index contributed by atoms with van der Waals surface area (Å²) in [5.41, 5.74) is 15.4. The Balaban J connectivity index is 1.47. The van der Waals surface area contributed by atoms with Crippen LogP contribution in [0.15, 0.2) is 60.7 Å². The van der Waals surface area contributed by atoms with Crippen molar-refractivity contribution in [2.45, 2.75) is 44.7 Å². The van der Waals surface area contributed by atoms with Crippen molar-refractivity contribution in [2.75, 3.05) is 11.1 Å². The fraction of sp³-hybridized carbons (Fsp3) is 0.226. The lowest BCUT2D eigenvalue weighted by molar-refractivity contribution is -0.143. The number of carboxylic acid groups (broad SMARTS) is 2. The highest BCUT2D eigenvalue weighted by Crippen LogP contribution is 2.33. The summed E-state index contributed by atoms with van der Waals surface area (Å²) in [6, 6.07) is 13.5. The van der Waals surface area contributed by atoms with Crippen molar-refractivity contribution in [3.05, 3.63) is 77.6 Å². The number of hydrogen-bond donors (Lipinski definition) is 6. The van der Waals surface area contributed by atoms with Crippen LogP contribution in [0.5, 0.6) is 0 Å². The van der Waals surface area contributed by atoms with Crippen LogP contribution in [-0.2, 0) is 25.6 Å². The number of fused-ring (bicyclic) bond motifs is 1. The number of aromatic nitrogens is 2. The third-order valence-corrected chi connectivity index (χ3v) is 7.00. The number of nitrogens with zero attached hydrogens (tertiary/aromatic N) is 2. The molecule has 3 aromatic carbocycles. The van der Waals surface area contributed by atoms with E-state index in [1.165, 1.54) is 6.07 Å². The monoisotopic (exact) mass is 618 g/mol. The number of halogens is 1. The number of benzene rings is 3. The Kier molecular flexibility index (Phi) is 9.88. The van der Waals surface area contributed by atoms with Crippen molar-refractivity contribution in [1.82, 2.24) is 15.1 Å². The highest BCUT2D eigenvalue weighted by atomic mass is 19.1. The van der Waals surface area contributed by atoms with Crippen molar-refractivity contribution < 1.29 is 38.6 Å². The second-order valence-electron chi connectivity index (χ2n) is 10.4. The van der Waals surface area contributed by atoms with Gasteiger partial charge >= 0.3 is 11.9 Å². The molecular formula is C31H31FN6O7. The van der Waals surface area contributed by atoms with E-state index in [0.717, 1.165) is 10.2 Å². The van der Waals surface area contributed by atoms with E-state index in [9.17, 15) is 33.5 Å². The number of nitrogen functional groups attached to an aromatic ring is 1. The van der Waals surface area contributed by atoms with Gasteiger partial charge in [-0.3, -0.25) is 19.2 Å². The number of amides is 2. The van der Waals surface area contributed by atoms with Crippen LogP contribution >= 0.6 is 0 Å². The summed E-state index contributed by atoms with van der Waals surface area (Å²) in [5.74, 6) is -5.10. The van der Waals surface area contributed by atoms with Gasteiger partial charge in [-0.25, -0.2) is 9.18 Å². The molecule has 13 nitrogen and oxygen atoms in total. The number of carbonyl (C=O) groups excluding carboxylic acids is 3. The van der Waals surface area contributed by atoms with E-state index in [0.29, 0.717) is 33.3 Å². The van der Waals surface area contributed by atoms with Crippen LogP contribution < -0.4 is 22.1 Å². The molecule has 0 bridgehead atoms. The van der Waals surface area contributed by atoms with Gasteiger partial charge in [0.1, 0.15) is 11.9 Å². The number of nitrogens with two attached hydrogens (primary N) is 2. The molecule has 2 atom stereocenters.